The predicted octanol–water partition coefficient (Wildman–Crippen LogP) is 1.43. The summed E-state index contributed by atoms with van der Waals surface area (Å²) in [6.07, 6.45) is 2.98. The fourth-order valence-corrected chi connectivity index (χ4v) is 1.76. The van der Waals surface area contributed by atoms with Gasteiger partial charge in [0.1, 0.15) is 5.69 Å². The molecular formula is C10H8N6OS. The minimum atomic E-state index is 0.387. The Morgan fingerprint density at radius 3 is 3.00 bits per heavy atom. The number of pyridine rings is 1. The van der Waals surface area contributed by atoms with Crippen molar-refractivity contribution in [2.45, 2.75) is 6.54 Å². The van der Waals surface area contributed by atoms with Crippen LogP contribution in [0.25, 0.3) is 11.5 Å². The zero-order chi connectivity index (χ0) is 12.4. The number of nitrogens with one attached hydrogen (secondary N) is 1. The Labute approximate surface area is 107 Å². The van der Waals surface area contributed by atoms with E-state index >= 15 is 0 Å². The fraction of sp³-hybridized carbons (Fsp3) is 0.100. The lowest BCUT2D eigenvalue weighted by atomic mass is 10.3. The molecule has 0 aliphatic rings. The maximum absolute atomic E-state index is 5.18. The zero-order valence-electron chi connectivity index (χ0n) is 9.15. The van der Waals surface area contributed by atoms with Gasteiger partial charge in [-0.25, -0.2) is 0 Å². The molecule has 0 amide bonds. The van der Waals surface area contributed by atoms with Crippen LogP contribution in [0, 0.1) is 4.77 Å². The number of H-pyrrole nitrogens is 1. The minimum absolute atomic E-state index is 0.387. The highest BCUT2D eigenvalue weighted by molar-refractivity contribution is 7.71. The van der Waals surface area contributed by atoms with Gasteiger partial charge in [-0.2, -0.15) is 10.1 Å². The van der Waals surface area contributed by atoms with E-state index in [9.17, 15) is 0 Å². The van der Waals surface area contributed by atoms with Gasteiger partial charge in [-0.1, -0.05) is 11.2 Å². The second-order valence-electron chi connectivity index (χ2n) is 3.50. The van der Waals surface area contributed by atoms with Gasteiger partial charge in [0.05, 0.1) is 6.54 Å². The number of rotatable bonds is 3. The molecule has 90 valence electrons. The van der Waals surface area contributed by atoms with E-state index in [1.165, 1.54) is 6.39 Å². The maximum atomic E-state index is 5.18. The molecule has 0 radical (unpaired) electrons. The van der Waals surface area contributed by atoms with Crippen molar-refractivity contribution in [2.24, 2.45) is 0 Å². The van der Waals surface area contributed by atoms with Crippen LogP contribution in [0.3, 0.4) is 0 Å². The summed E-state index contributed by atoms with van der Waals surface area (Å²) >= 11 is 5.18. The first-order valence-corrected chi connectivity index (χ1v) is 5.57. The van der Waals surface area contributed by atoms with Crippen molar-refractivity contribution in [3.05, 3.63) is 41.4 Å². The van der Waals surface area contributed by atoms with E-state index in [4.69, 9.17) is 16.7 Å². The number of aromatic nitrogens is 6. The summed E-state index contributed by atoms with van der Waals surface area (Å²) in [5.74, 6) is 1.18. The molecule has 0 atom stereocenters. The lowest BCUT2D eigenvalue weighted by Gasteiger charge is -2.02. The van der Waals surface area contributed by atoms with Crippen LogP contribution in [-0.4, -0.2) is 29.9 Å². The third kappa shape index (κ3) is 1.93. The number of hydrogen-bond donors (Lipinski definition) is 1. The largest absolute Gasteiger partial charge is 0.343 e. The fourth-order valence-electron chi connectivity index (χ4n) is 1.56. The average Bonchev–Trinajstić information content (AvgIpc) is 3.03. The van der Waals surface area contributed by atoms with E-state index in [0.717, 1.165) is 5.69 Å². The highest BCUT2D eigenvalue weighted by atomic mass is 32.1. The Balaban J connectivity index is 2.04. The van der Waals surface area contributed by atoms with Crippen LogP contribution in [0.1, 0.15) is 5.82 Å². The van der Waals surface area contributed by atoms with Gasteiger partial charge in [-0.3, -0.25) is 14.6 Å². The van der Waals surface area contributed by atoms with Crippen LogP contribution in [0.4, 0.5) is 0 Å². The zero-order valence-corrected chi connectivity index (χ0v) is 9.96. The Morgan fingerprint density at radius 2 is 2.28 bits per heavy atom. The van der Waals surface area contributed by atoms with E-state index in [2.05, 4.69) is 25.3 Å². The van der Waals surface area contributed by atoms with E-state index in [0.29, 0.717) is 23.0 Å². The monoisotopic (exact) mass is 260 g/mol. The topological polar surface area (TPSA) is 85.4 Å². The van der Waals surface area contributed by atoms with Crippen molar-refractivity contribution in [3.63, 3.8) is 0 Å². The first-order chi connectivity index (χ1) is 8.84. The number of aromatic amines is 1. The molecule has 0 aromatic carbocycles. The van der Waals surface area contributed by atoms with E-state index < -0.39 is 0 Å². The molecule has 0 bridgehead atoms. The lowest BCUT2D eigenvalue weighted by molar-refractivity contribution is 0.408. The van der Waals surface area contributed by atoms with E-state index in [1.54, 1.807) is 10.8 Å². The van der Waals surface area contributed by atoms with Gasteiger partial charge in [0.2, 0.25) is 6.39 Å². The summed E-state index contributed by atoms with van der Waals surface area (Å²) in [7, 11) is 0. The van der Waals surface area contributed by atoms with Crippen LogP contribution in [-0.2, 0) is 6.54 Å². The first kappa shape index (κ1) is 10.8. The molecule has 7 nitrogen and oxygen atoms in total. The Morgan fingerprint density at radius 1 is 1.33 bits per heavy atom. The molecule has 3 heterocycles. The quantitative estimate of drug-likeness (QED) is 0.717. The molecule has 0 saturated carbocycles. The molecule has 8 heteroatoms. The van der Waals surface area contributed by atoms with Crippen LogP contribution in [0.15, 0.2) is 35.3 Å². The Bertz CT molecular complexity index is 687. The van der Waals surface area contributed by atoms with E-state index in [-0.39, 0.29) is 0 Å². The van der Waals surface area contributed by atoms with Crippen LogP contribution < -0.4 is 0 Å². The molecule has 0 aliphatic carbocycles. The van der Waals surface area contributed by atoms with Gasteiger partial charge >= 0.3 is 0 Å². The summed E-state index contributed by atoms with van der Waals surface area (Å²) in [4.78, 5) is 8.20. The van der Waals surface area contributed by atoms with Gasteiger partial charge in [-0.05, 0) is 24.4 Å². The second kappa shape index (κ2) is 4.49. The van der Waals surface area contributed by atoms with Gasteiger partial charge < -0.3 is 4.52 Å². The summed E-state index contributed by atoms with van der Waals surface area (Å²) in [6.45, 7) is 0.387. The van der Waals surface area contributed by atoms with Gasteiger partial charge in [0, 0.05) is 6.20 Å². The molecule has 1 N–H and O–H groups in total. The van der Waals surface area contributed by atoms with Crippen LogP contribution >= 0.6 is 12.2 Å². The predicted molar refractivity (Wildman–Crippen MR) is 64.0 cm³/mol. The van der Waals surface area contributed by atoms with Crippen molar-refractivity contribution >= 4 is 12.2 Å². The Kier molecular flexibility index (Phi) is 2.69. The lowest BCUT2D eigenvalue weighted by Crippen LogP contribution is -2.04. The minimum Gasteiger partial charge on any atom is -0.343 e. The molecule has 18 heavy (non-hydrogen) atoms. The summed E-state index contributed by atoms with van der Waals surface area (Å²) in [5, 5.41) is 10.7. The van der Waals surface area contributed by atoms with Crippen molar-refractivity contribution in [1.82, 2.24) is 29.9 Å². The third-order valence-corrected chi connectivity index (χ3v) is 2.67. The third-order valence-electron chi connectivity index (χ3n) is 2.36. The van der Waals surface area contributed by atoms with Crippen molar-refractivity contribution in [1.29, 1.82) is 0 Å². The van der Waals surface area contributed by atoms with Gasteiger partial charge in [-0.15, -0.1) is 0 Å². The molecule has 3 rings (SSSR count). The van der Waals surface area contributed by atoms with Gasteiger partial charge in [0.25, 0.3) is 0 Å². The first-order valence-electron chi connectivity index (χ1n) is 5.16. The molecule has 0 spiro atoms. The second-order valence-corrected chi connectivity index (χ2v) is 3.89. The van der Waals surface area contributed by atoms with Crippen molar-refractivity contribution in [2.75, 3.05) is 0 Å². The Hall–Kier alpha value is -2.35. The highest BCUT2D eigenvalue weighted by Gasteiger charge is 2.11. The van der Waals surface area contributed by atoms with Crippen molar-refractivity contribution in [3.8, 4) is 11.5 Å². The summed E-state index contributed by atoms with van der Waals surface area (Å²) in [6, 6.07) is 5.59. The molecule has 0 aliphatic heterocycles. The van der Waals surface area contributed by atoms with E-state index in [1.807, 2.05) is 18.2 Å². The SMILES string of the molecule is S=c1[nH]nc(-c2ccccn2)n1Cc1ncon1. The van der Waals surface area contributed by atoms with Crippen LogP contribution in [0.5, 0.6) is 0 Å². The average molecular weight is 260 g/mol. The van der Waals surface area contributed by atoms with Crippen LogP contribution in [0.2, 0.25) is 0 Å². The maximum Gasteiger partial charge on any atom is 0.213 e. The number of hydrogen-bond acceptors (Lipinski definition) is 6. The summed E-state index contributed by atoms with van der Waals surface area (Å²) in [5.41, 5.74) is 0.730. The summed E-state index contributed by atoms with van der Waals surface area (Å²) < 4.78 is 6.95. The standard InChI is InChI=1S/C10H8N6OS/c18-10-14-13-9(7-3-1-2-4-11-7)16(10)5-8-12-6-17-15-8/h1-4,6H,5H2,(H,14,18). The molecular weight excluding hydrogens is 252 g/mol. The molecule has 3 aromatic heterocycles. The molecule has 0 fully saturated rings. The number of nitrogens with zero attached hydrogens (tertiary/aromatic N) is 5. The van der Waals surface area contributed by atoms with Crippen molar-refractivity contribution < 1.29 is 4.52 Å². The molecule has 0 saturated heterocycles. The highest BCUT2D eigenvalue weighted by Crippen LogP contribution is 2.14. The molecule has 0 unspecified atom stereocenters. The normalized spacial score (nSPS) is 10.7. The smallest absolute Gasteiger partial charge is 0.213 e. The molecule has 3 aromatic rings. The van der Waals surface area contributed by atoms with Gasteiger partial charge in [0.15, 0.2) is 16.4 Å².